The summed E-state index contributed by atoms with van der Waals surface area (Å²) in [6.07, 6.45) is 4.44. The van der Waals surface area contributed by atoms with E-state index >= 15 is 0 Å². The van der Waals surface area contributed by atoms with Crippen LogP contribution in [-0.2, 0) is 6.54 Å². The second-order valence-corrected chi connectivity index (χ2v) is 6.33. The molecule has 1 atom stereocenters. The molecule has 128 valence electrons. The van der Waals surface area contributed by atoms with Crippen LogP contribution < -0.4 is 5.32 Å². The van der Waals surface area contributed by atoms with Crippen LogP contribution in [0.4, 0.5) is 10.5 Å². The summed E-state index contributed by atoms with van der Waals surface area (Å²) in [5.41, 5.74) is 2.05. The van der Waals surface area contributed by atoms with Crippen LogP contribution in [-0.4, -0.2) is 52.2 Å². The minimum Gasteiger partial charge on any atom is -0.324 e. The summed E-state index contributed by atoms with van der Waals surface area (Å²) >= 11 is 0. The first kappa shape index (κ1) is 16.5. The van der Waals surface area contributed by atoms with E-state index in [0.29, 0.717) is 18.2 Å². The maximum Gasteiger partial charge on any atom is 0.321 e. The molecule has 1 aromatic carbocycles. The van der Waals surface area contributed by atoms with Crippen molar-refractivity contribution in [2.24, 2.45) is 5.92 Å². The van der Waals surface area contributed by atoms with Gasteiger partial charge in [-0.15, -0.1) is 0 Å². The van der Waals surface area contributed by atoms with E-state index in [-0.39, 0.29) is 6.03 Å². The summed E-state index contributed by atoms with van der Waals surface area (Å²) in [5.74, 6) is 0.531. The van der Waals surface area contributed by atoms with Crippen molar-refractivity contribution in [1.82, 2.24) is 20.0 Å². The van der Waals surface area contributed by atoms with Gasteiger partial charge in [0.05, 0.1) is 11.9 Å². The summed E-state index contributed by atoms with van der Waals surface area (Å²) in [7, 11) is 0. The van der Waals surface area contributed by atoms with E-state index in [0.717, 1.165) is 32.6 Å². The third kappa shape index (κ3) is 4.35. The highest BCUT2D eigenvalue weighted by Gasteiger charge is 2.25. The summed E-state index contributed by atoms with van der Waals surface area (Å²) in [6, 6.07) is 10.5. The Balaban J connectivity index is 1.49. The molecule has 0 radical (unpaired) electrons. The average molecular weight is 327 g/mol. The second-order valence-electron chi connectivity index (χ2n) is 6.33. The van der Waals surface area contributed by atoms with Crippen molar-refractivity contribution in [2.45, 2.75) is 19.9 Å². The molecule has 0 bridgehead atoms. The first-order valence-electron chi connectivity index (χ1n) is 8.55. The number of amides is 2. The monoisotopic (exact) mass is 327 g/mol. The zero-order chi connectivity index (χ0) is 16.8. The molecule has 2 aromatic rings. The molecule has 0 unspecified atom stereocenters. The molecular formula is C18H25N5O. The van der Waals surface area contributed by atoms with Gasteiger partial charge in [0.25, 0.3) is 0 Å². The molecule has 0 saturated carbocycles. The summed E-state index contributed by atoms with van der Waals surface area (Å²) in [4.78, 5) is 16.7. The maximum absolute atomic E-state index is 12.4. The Bertz CT molecular complexity index is 628. The lowest BCUT2D eigenvalue weighted by atomic mass is 10.1. The van der Waals surface area contributed by atoms with Crippen LogP contribution in [0.15, 0.2) is 42.7 Å². The number of benzene rings is 1. The first-order valence-corrected chi connectivity index (χ1v) is 8.55. The van der Waals surface area contributed by atoms with Crippen LogP contribution in [0.1, 0.15) is 18.9 Å². The standard InChI is InChI=1S/C18H25N5O/c1-2-23(18(24)21-17-10-19-20-11-17)14-16-8-9-22(13-16)12-15-6-4-3-5-7-15/h3-7,10-11,16H,2,8-9,12-14H2,1H3,(H,19,20)(H,21,24)/t16-/m1/s1. The number of nitrogens with one attached hydrogen (secondary N) is 2. The van der Waals surface area contributed by atoms with Crippen molar-refractivity contribution in [1.29, 1.82) is 0 Å². The number of rotatable bonds is 6. The fourth-order valence-corrected chi connectivity index (χ4v) is 3.24. The van der Waals surface area contributed by atoms with E-state index in [1.165, 1.54) is 5.56 Å². The number of carbonyl (C=O) groups is 1. The minimum absolute atomic E-state index is 0.0552. The van der Waals surface area contributed by atoms with Crippen molar-refractivity contribution in [3.63, 3.8) is 0 Å². The zero-order valence-corrected chi connectivity index (χ0v) is 14.1. The van der Waals surface area contributed by atoms with Crippen molar-refractivity contribution in [3.8, 4) is 0 Å². The Morgan fingerprint density at radius 3 is 2.96 bits per heavy atom. The first-order chi connectivity index (χ1) is 11.7. The normalized spacial score (nSPS) is 17.8. The Labute approximate surface area is 142 Å². The third-order valence-electron chi connectivity index (χ3n) is 4.52. The number of hydrogen-bond donors (Lipinski definition) is 2. The van der Waals surface area contributed by atoms with Gasteiger partial charge in [0.15, 0.2) is 0 Å². The molecule has 1 aliphatic heterocycles. The van der Waals surface area contributed by atoms with Gasteiger partial charge in [-0.3, -0.25) is 10.00 Å². The summed E-state index contributed by atoms with van der Waals surface area (Å²) in [5, 5.41) is 9.43. The number of likely N-dealkylation sites (tertiary alicyclic amines) is 1. The van der Waals surface area contributed by atoms with Crippen LogP contribution in [0.5, 0.6) is 0 Å². The third-order valence-corrected chi connectivity index (χ3v) is 4.52. The predicted octanol–water partition coefficient (Wildman–Crippen LogP) is 2.79. The Kier molecular flexibility index (Phi) is 5.48. The largest absolute Gasteiger partial charge is 0.324 e. The van der Waals surface area contributed by atoms with Crippen LogP contribution >= 0.6 is 0 Å². The number of nitrogens with zero attached hydrogens (tertiary/aromatic N) is 3. The quantitative estimate of drug-likeness (QED) is 0.857. The smallest absolute Gasteiger partial charge is 0.321 e. The molecule has 2 amide bonds. The predicted molar refractivity (Wildman–Crippen MR) is 94.7 cm³/mol. The number of urea groups is 1. The lowest BCUT2D eigenvalue weighted by Crippen LogP contribution is -2.39. The van der Waals surface area contributed by atoms with Gasteiger partial charge in [0, 0.05) is 32.4 Å². The highest BCUT2D eigenvalue weighted by Crippen LogP contribution is 2.20. The van der Waals surface area contributed by atoms with Gasteiger partial charge in [-0.25, -0.2) is 4.79 Å². The lowest BCUT2D eigenvalue weighted by Gasteiger charge is -2.24. The molecule has 2 N–H and O–H groups in total. The van der Waals surface area contributed by atoms with Gasteiger partial charge in [-0.05, 0) is 31.4 Å². The van der Waals surface area contributed by atoms with Crippen LogP contribution in [0.25, 0.3) is 0 Å². The molecular weight excluding hydrogens is 302 g/mol. The average Bonchev–Trinajstić information content (AvgIpc) is 3.25. The van der Waals surface area contributed by atoms with Crippen molar-refractivity contribution >= 4 is 11.7 Å². The summed E-state index contributed by atoms with van der Waals surface area (Å²) in [6.45, 7) is 6.66. The highest BCUT2D eigenvalue weighted by molar-refractivity contribution is 5.88. The molecule has 0 spiro atoms. The topological polar surface area (TPSA) is 64.3 Å². The highest BCUT2D eigenvalue weighted by atomic mass is 16.2. The van der Waals surface area contributed by atoms with E-state index in [1.54, 1.807) is 12.4 Å². The molecule has 1 aromatic heterocycles. The van der Waals surface area contributed by atoms with E-state index in [4.69, 9.17) is 0 Å². The molecule has 1 saturated heterocycles. The van der Waals surface area contributed by atoms with Crippen molar-refractivity contribution in [2.75, 3.05) is 31.5 Å². The Morgan fingerprint density at radius 2 is 2.25 bits per heavy atom. The van der Waals surface area contributed by atoms with E-state index < -0.39 is 0 Å². The fourth-order valence-electron chi connectivity index (χ4n) is 3.24. The number of carbonyl (C=O) groups excluding carboxylic acids is 1. The Hall–Kier alpha value is -2.34. The molecule has 6 nitrogen and oxygen atoms in total. The van der Waals surface area contributed by atoms with Crippen molar-refractivity contribution in [3.05, 3.63) is 48.3 Å². The van der Waals surface area contributed by atoms with Gasteiger partial charge >= 0.3 is 6.03 Å². The molecule has 1 aliphatic rings. The van der Waals surface area contributed by atoms with Crippen LogP contribution in [0, 0.1) is 5.92 Å². The van der Waals surface area contributed by atoms with Gasteiger partial charge in [-0.2, -0.15) is 5.10 Å². The second kappa shape index (κ2) is 7.97. The number of H-pyrrole nitrogens is 1. The SMILES string of the molecule is CCN(C[C@@H]1CCN(Cc2ccccc2)C1)C(=O)Nc1cn[nH]c1. The fraction of sp³-hybridized carbons (Fsp3) is 0.444. The Morgan fingerprint density at radius 1 is 1.42 bits per heavy atom. The van der Waals surface area contributed by atoms with E-state index in [2.05, 4.69) is 44.7 Å². The minimum atomic E-state index is -0.0552. The van der Waals surface area contributed by atoms with Gasteiger partial charge in [0.2, 0.25) is 0 Å². The van der Waals surface area contributed by atoms with Crippen LogP contribution in [0.3, 0.4) is 0 Å². The molecule has 0 aliphatic carbocycles. The van der Waals surface area contributed by atoms with E-state index in [1.807, 2.05) is 17.9 Å². The maximum atomic E-state index is 12.4. The number of aromatic amines is 1. The molecule has 2 heterocycles. The van der Waals surface area contributed by atoms with Crippen molar-refractivity contribution < 1.29 is 4.79 Å². The van der Waals surface area contributed by atoms with E-state index in [9.17, 15) is 4.79 Å². The lowest BCUT2D eigenvalue weighted by molar-refractivity contribution is 0.203. The number of hydrogen-bond acceptors (Lipinski definition) is 3. The molecule has 1 fully saturated rings. The number of anilines is 1. The summed E-state index contributed by atoms with van der Waals surface area (Å²) < 4.78 is 0. The molecule has 6 heteroatoms. The van der Waals surface area contributed by atoms with Gasteiger partial charge < -0.3 is 10.2 Å². The zero-order valence-electron chi connectivity index (χ0n) is 14.1. The van der Waals surface area contributed by atoms with Gasteiger partial charge in [-0.1, -0.05) is 30.3 Å². The van der Waals surface area contributed by atoms with Crippen LogP contribution in [0.2, 0.25) is 0 Å². The molecule has 24 heavy (non-hydrogen) atoms. The molecule has 3 rings (SSSR count). The number of aromatic nitrogens is 2. The van der Waals surface area contributed by atoms with Gasteiger partial charge in [0.1, 0.15) is 0 Å².